The second-order valence-electron chi connectivity index (χ2n) is 7.03. The number of rotatable bonds is 7. The Bertz CT molecular complexity index is 939. The van der Waals surface area contributed by atoms with E-state index >= 15 is 0 Å². The topological polar surface area (TPSA) is 25.8 Å². The van der Waals surface area contributed by atoms with Crippen molar-refractivity contribution in [3.63, 3.8) is 0 Å². The number of nitrogens with zero attached hydrogens (tertiary/aromatic N) is 2. The summed E-state index contributed by atoms with van der Waals surface area (Å²) in [5.74, 6) is 0. The van der Waals surface area contributed by atoms with Gasteiger partial charge in [-0.05, 0) is 57.2 Å². The molecule has 0 aliphatic carbocycles. The van der Waals surface area contributed by atoms with Crippen molar-refractivity contribution < 1.29 is 0 Å². The van der Waals surface area contributed by atoms with Gasteiger partial charge in [-0.3, -0.25) is 0 Å². The Labute approximate surface area is 156 Å². The largest absolute Gasteiger partial charge is 0.249 e. The molecule has 0 saturated heterocycles. The van der Waals surface area contributed by atoms with Gasteiger partial charge in [0.1, 0.15) is 0 Å². The maximum Gasteiger partial charge on any atom is 0.0925 e. The summed E-state index contributed by atoms with van der Waals surface area (Å²) in [6.07, 6.45) is 4.22. The van der Waals surface area contributed by atoms with Gasteiger partial charge in [0.15, 0.2) is 0 Å². The van der Waals surface area contributed by atoms with Gasteiger partial charge in [0, 0.05) is 5.56 Å². The van der Waals surface area contributed by atoms with E-state index in [0.717, 1.165) is 64.8 Å². The van der Waals surface area contributed by atoms with Gasteiger partial charge in [-0.2, -0.15) is 0 Å². The minimum Gasteiger partial charge on any atom is -0.249 e. The molecule has 2 aromatic carbocycles. The van der Waals surface area contributed by atoms with Crippen LogP contribution in [-0.2, 0) is 6.42 Å². The second-order valence-corrected chi connectivity index (χ2v) is 7.03. The zero-order valence-corrected chi connectivity index (χ0v) is 15.8. The van der Waals surface area contributed by atoms with E-state index in [0.29, 0.717) is 0 Å². The van der Waals surface area contributed by atoms with Crippen LogP contribution in [0.15, 0.2) is 67.3 Å². The Kier molecular flexibility index (Phi) is 5.62. The maximum absolute atomic E-state index is 4.99. The Balaban J connectivity index is 2.01. The minimum atomic E-state index is 0.928. The van der Waals surface area contributed by atoms with Gasteiger partial charge in [-0.25, -0.2) is 9.97 Å². The Morgan fingerprint density at radius 1 is 0.885 bits per heavy atom. The maximum atomic E-state index is 4.99. The third-order valence-electron chi connectivity index (χ3n) is 4.54. The Morgan fingerprint density at radius 2 is 1.65 bits per heavy atom. The van der Waals surface area contributed by atoms with Gasteiger partial charge in [0.2, 0.25) is 0 Å². The van der Waals surface area contributed by atoms with E-state index in [-0.39, 0.29) is 0 Å². The van der Waals surface area contributed by atoms with Gasteiger partial charge in [0.05, 0.1) is 22.4 Å². The van der Waals surface area contributed by atoms with Crippen molar-refractivity contribution in [2.45, 2.75) is 39.5 Å². The molecule has 0 aliphatic heterocycles. The monoisotopic (exact) mass is 342 g/mol. The Hall–Kier alpha value is -2.74. The lowest BCUT2D eigenvalue weighted by Gasteiger charge is -2.11. The van der Waals surface area contributed by atoms with Gasteiger partial charge in [0.25, 0.3) is 0 Å². The molecule has 3 aromatic rings. The van der Waals surface area contributed by atoms with E-state index in [1.165, 1.54) is 5.57 Å². The standard InChI is InChI=1S/C24H26N2/c1-17(2)10-8-9-13-22-24(19-11-6-5-7-12-19)26-21-15-14-20(18(3)4)16-23(21)25-22/h5-7,11-12,14-16H,1,3,8-10,13H2,2,4H3. The number of benzene rings is 2. The summed E-state index contributed by atoms with van der Waals surface area (Å²) < 4.78 is 0. The molecule has 1 aromatic heterocycles. The summed E-state index contributed by atoms with van der Waals surface area (Å²) >= 11 is 0. The first-order valence-corrected chi connectivity index (χ1v) is 9.21. The molecule has 0 radical (unpaired) electrons. The van der Waals surface area contributed by atoms with Crippen LogP contribution in [0.4, 0.5) is 0 Å². The predicted molar refractivity (Wildman–Crippen MR) is 112 cm³/mol. The zero-order chi connectivity index (χ0) is 18.5. The van der Waals surface area contributed by atoms with E-state index in [1.54, 1.807) is 0 Å². The number of aromatic nitrogens is 2. The first-order valence-electron chi connectivity index (χ1n) is 9.21. The zero-order valence-electron chi connectivity index (χ0n) is 15.8. The average Bonchev–Trinajstić information content (AvgIpc) is 2.64. The van der Waals surface area contributed by atoms with E-state index in [4.69, 9.17) is 9.97 Å². The van der Waals surface area contributed by atoms with Crippen LogP contribution in [0, 0.1) is 0 Å². The lowest BCUT2D eigenvalue weighted by molar-refractivity contribution is 0.720. The fourth-order valence-electron chi connectivity index (χ4n) is 3.08. The first kappa shape index (κ1) is 18.1. The number of unbranched alkanes of at least 4 members (excludes halogenated alkanes) is 1. The molecular formula is C24H26N2. The molecule has 0 atom stereocenters. The van der Waals surface area contributed by atoms with Crippen LogP contribution < -0.4 is 0 Å². The Morgan fingerprint density at radius 3 is 2.35 bits per heavy atom. The third kappa shape index (κ3) is 4.26. The summed E-state index contributed by atoms with van der Waals surface area (Å²) in [5.41, 5.74) is 8.47. The summed E-state index contributed by atoms with van der Waals surface area (Å²) in [5, 5.41) is 0. The van der Waals surface area contributed by atoms with Gasteiger partial charge in [-0.15, -0.1) is 6.58 Å². The van der Waals surface area contributed by atoms with Crippen LogP contribution in [0.2, 0.25) is 0 Å². The molecule has 0 spiro atoms. The molecule has 0 N–H and O–H groups in total. The van der Waals surface area contributed by atoms with Gasteiger partial charge >= 0.3 is 0 Å². The van der Waals surface area contributed by atoms with Gasteiger partial charge < -0.3 is 0 Å². The van der Waals surface area contributed by atoms with Crippen molar-refractivity contribution in [2.24, 2.45) is 0 Å². The molecule has 0 unspecified atom stereocenters. The van der Waals surface area contributed by atoms with E-state index in [2.05, 4.69) is 56.5 Å². The highest BCUT2D eigenvalue weighted by molar-refractivity contribution is 5.82. The highest BCUT2D eigenvalue weighted by atomic mass is 14.8. The number of allylic oxidation sites excluding steroid dienone is 2. The van der Waals surface area contributed by atoms with Crippen LogP contribution in [0.3, 0.4) is 0 Å². The number of fused-ring (bicyclic) bond motifs is 1. The molecule has 132 valence electrons. The molecule has 26 heavy (non-hydrogen) atoms. The molecule has 1 heterocycles. The quantitative estimate of drug-likeness (QED) is 0.356. The number of hydrogen-bond acceptors (Lipinski definition) is 2. The van der Waals surface area contributed by atoms with Crippen molar-refractivity contribution in [3.8, 4) is 11.3 Å². The van der Waals surface area contributed by atoms with E-state index < -0.39 is 0 Å². The molecular weight excluding hydrogens is 316 g/mol. The molecule has 0 fully saturated rings. The molecule has 0 aliphatic rings. The summed E-state index contributed by atoms with van der Waals surface area (Å²) in [6.45, 7) is 12.1. The SMILES string of the molecule is C=C(C)CCCCc1nc2cc(C(=C)C)ccc2nc1-c1ccccc1. The molecule has 2 nitrogen and oxygen atoms in total. The van der Waals surface area contributed by atoms with Crippen molar-refractivity contribution in [1.29, 1.82) is 0 Å². The van der Waals surface area contributed by atoms with Crippen molar-refractivity contribution >= 4 is 16.6 Å². The lowest BCUT2D eigenvalue weighted by Crippen LogP contribution is -2.00. The minimum absolute atomic E-state index is 0.928. The van der Waals surface area contributed by atoms with Gasteiger partial charge in [-0.1, -0.05) is 54.1 Å². The van der Waals surface area contributed by atoms with Crippen LogP contribution in [0.5, 0.6) is 0 Å². The summed E-state index contributed by atoms with van der Waals surface area (Å²) in [6, 6.07) is 16.6. The smallest absolute Gasteiger partial charge is 0.0925 e. The van der Waals surface area contributed by atoms with Crippen molar-refractivity contribution in [1.82, 2.24) is 9.97 Å². The predicted octanol–water partition coefficient (Wildman–Crippen LogP) is 6.62. The van der Waals surface area contributed by atoms with E-state index in [1.807, 2.05) is 19.1 Å². The molecule has 0 saturated carbocycles. The molecule has 3 rings (SSSR count). The highest BCUT2D eigenvalue weighted by Crippen LogP contribution is 2.26. The summed E-state index contributed by atoms with van der Waals surface area (Å²) in [4.78, 5) is 9.94. The second kappa shape index (κ2) is 8.09. The number of aryl methyl sites for hydroxylation is 1. The molecule has 0 amide bonds. The highest BCUT2D eigenvalue weighted by Gasteiger charge is 2.11. The third-order valence-corrected chi connectivity index (χ3v) is 4.54. The summed E-state index contributed by atoms with van der Waals surface area (Å²) in [7, 11) is 0. The van der Waals surface area contributed by atoms with Crippen LogP contribution in [0.1, 0.15) is 44.4 Å². The molecule has 0 bridgehead atoms. The number of hydrogen-bond donors (Lipinski definition) is 0. The van der Waals surface area contributed by atoms with E-state index in [9.17, 15) is 0 Å². The van der Waals surface area contributed by atoms with Crippen LogP contribution >= 0.6 is 0 Å². The fraction of sp³-hybridized carbons (Fsp3) is 0.250. The van der Waals surface area contributed by atoms with Crippen LogP contribution in [0.25, 0.3) is 27.9 Å². The van der Waals surface area contributed by atoms with Crippen molar-refractivity contribution in [2.75, 3.05) is 0 Å². The molecule has 2 heteroatoms. The van der Waals surface area contributed by atoms with Crippen LogP contribution in [-0.4, -0.2) is 9.97 Å². The fourth-order valence-corrected chi connectivity index (χ4v) is 3.08. The van der Waals surface area contributed by atoms with Crippen molar-refractivity contribution in [3.05, 3.63) is 78.5 Å². The normalized spacial score (nSPS) is 10.8. The first-order chi connectivity index (χ1) is 12.5. The lowest BCUT2D eigenvalue weighted by atomic mass is 10.0. The average molecular weight is 342 g/mol.